The van der Waals surface area contributed by atoms with E-state index in [1.165, 1.54) is 5.56 Å². The minimum atomic E-state index is 0.653. The molecule has 0 aliphatic carbocycles. The van der Waals surface area contributed by atoms with Gasteiger partial charge in [0.25, 0.3) is 0 Å². The van der Waals surface area contributed by atoms with Crippen LogP contribution in [0.15, 0.2) is 18.2 Å². The highest BCUT2D eigenvalue weighted by Gasteiger charge is 2.02. The van der Waals surface area contributed by atoms with Crippen LogP contribution in [0.2, 0.25) is 0 Å². The minimum absolute atomic E-state index is 0.653. The SMILES string of the molecule is Cc1cc(CCNc2nnnn2C)ccc1C#N. The highest BCUT2D eigenvalue weighted by molar-refractivity contribution is 5.39. The maximum Gasteiger partial charge on any atom is 0.242 e. The summed E-state index contributed by atoms with van der Waals surface area (Å²) in [5, 5.41) is 23.1. The molecule has 6 heteroatoms. The molecule has 2 rings (SSSR count). The van der Waals surface area contributed by atoms with Gasteiger partial charge < -0.3 is 5.32 Å². The number of benzene rings is 1. The average molecular weight is 242 g/mol. The van der Waals surface area contributed by atoms with Gasteiger partial charge in [-0.2, -0.15) is 5.26 Å². The van der Waals surface area contributed by atoms with Gasteiger partial charge in [-0.15, -0.1) is 0 Å². The maximum absolute atomic E-state index is 8.85. The number of hydrogen-bond acceptors (Lipinski definition) is 5. The lowest BCUT2D eigenvalue weighted by atomic mass is 10.0. The predicted octanol–water partition coefficient (Wildman–Crippen LogP) is 1.04. The quantitative estimate of drug-likeness (QED) is 0.866. The van der Waals surface area contributed by atoms with Gasteiger partial charge in [0.1, 0.15) is 0 Å². The van der Waals surface area contributed by atoms with Gasteiger partial charge in [-0.3, -0.25) is 0 Å². The number of rotatable bonds is 4. The molecule has 0 fully saturated rings. The number of nitrogens with one attached hydrogen (secondary N) is 1. The van der Waals surface area contributed by atoms with E-state index < -0.39 is 0 Å². The number of tetrazole rings is 1. The van der Waals surface area contributed by atoms with Crippen molar-refractivity contribution in [3.05, 3.63) is 34.9 Å². The van der Waals surface area contributed by atoms with E-state index >= 15 is 0 Å². The molecule has 0 spiro atoms. The van der Waals surface area contributed by atoms with E-state index in [9.17, 15) is 0 Å². The average Bonchev–Trinajstić information content (AvgIpc) is 2.75. The largest absolute Gasteiger partial charge is 0.353 e. The maximum atomic E-state index is 8.85. The second kappa shape index (κ2) is 5.27. The molecule has 18 heavy (non-hydrogen) atoms. The third-order valence-electron chi connectivity index (χ3n) is 2.73. The molecule has 0 atom stereocenters. The van der Waals surface area contributed by atoms with Crippen LogP contribution in [0.4, 0.5) is 5.95 Å². The van der Waals surface area contributed by atoms with Gasteiger partial charge in [0.05, 0.1) is 11.6 Å². The van der Waals surface area contributed by atoms with Crippen LogP contribution < -0.4 is 5.32 Å². The van der Waals surface area contributed by atoms with Crippen molar-refractivity contribution in [1.29, 1.82) is 5.26 Å². The van der Waals surface area contributed by atoms with E-state index in [1.807, 2.05) is 25.1 Å². The first-order valence-electron chi connectivity index (χ1n) is 5.66. The van der Waals surface area contributed by atoms with Gasteiger partial charge in [0.15, 0.2) is 0 Å². The number of nitrogens with zero attached hydrogens (tertiary/aromatic N) is 5. The zero-order chi connectivity index (χ0) is 13.0. The summed E-state index contributed by atoms with van der Waals surface area (Å²) < 4.78 is 1.59. The van der Waals surface area contributed by atoms with E-state index in [-0.39, 0.29) is 0 Å². The molecule has 0 aliphatic rings. The van der Waals surface area contributed by atoms with Crippen molar-refractivity contribution in [2.45, 2.75) is 13.3 Å². The zero-order valence-corrected chi connectivity index (χ0v) is 10.4. The van der Waals surface area contributed by atoms with E-state index in [0.717, 1.165) is 24.1 Å². The molecule has 0 unspecified atom stereocenters. The lowest BCUT2D eigenvalue weighted by Gasteiger charge is -2.05. The van der Waals surface area contributed by atoms with Crippen LogP contribution in [0.1, 0.15) is 16.7 Å². The topological polar surface area (TPSA) is 79.4 Å². The van der Waals surface area contributed by atoms with E-state index in [4.69, 9.17) is 5.26 Å². The summed E-state index contributed by atoms with van der Waals surface area (Å²) >= 11 is 0. The normalized spacial score (nSPS) is 10.1. The van der Waals surface area contributed by atoms with Crippen LogP contribution in [0.25, 0.3) is 0 Å². The van der Waals surface area contributed by atoms with Gasteiger partial charge in [0, 0.05) is 13.6 Å². The number of nitriles is 1. The van der Waals surface area contributed by atoms with Crippen molar-refractivity contribution >= 4 is 5.95 Å². The summed E-state index contributed by atoms with van der Waals surface area (Å²) in [6, 6.07) is 8.03. The second-order valence-electron chi connectivity index (χ2n) is 4.06. The smallest absolute Gasteiger partial charge is 0.242 e. The number of anilines is 1. The third-order valence-corrected chi connectivity index (χ3v) is 2.73. The summed E-state index contributed by atoms with van der Waals surface area (Å²) in [4.78, 5) is 0. The molecule has 1 N–H and O–H groups in total. The van der Waals surface area contributed by atoms with Crippen LogP contribution in [0, 0.1) is 18.3 Å². The van der Waals surface area contributed by atoms with Crippen molar-refractivity contribution in [3.8, 4) is 6.07 Å². The first-order valence-corrected chi connectivity index (χ1v) is 5.66. The Hall–Kier alpha value is -2.42. The van der Waals surface area contributed by atoms with Crippen LogP contribution in [-0.2, 0) is 13.5 Å². The van der Waals surface area contributed by atoms with E-state index in [0.29, 0.717) is 5.95 Å². The molecule has 0 radical (unpaired) electrons. The van der Waals surface area contributed by atoms with Crippen molar-refractivity contribution in [1.82, 2.24) is 20.2 Å². The van der Waals surface area contributed by atoms with Crippen LogP contribution in [0.3, 0.4) is 0 Å². The predicted molar refractivity (Wildman–Crippen MR) is 66.9 cm³/mol. The molecular formula is C12H14N6. The Morgan fingerprint density at radius 1 is 1.44 bits per heavy atom. The Morgan fingerprint density at radius 3 is 2.89 bits per heavy atom. The molecule has 0 aliphatic heterocycles. The summed E-state index contributed by atoms with van der Waals surface area (Å²) in [7, 11) is 1.79. The fourth-order valence-electron chi connectivity index (χ4n) is 1.70. The Morgan fingerprint density at radius 2 is 2.28 bits per heavy atom. The Balaban J connectivity index is 1.93. The fraction of sp³-hybridized carbons (Fsp3) is 0.333. The van der Waals surface area contributed by atoms with E-state index in [2.05, 4.69) is 26.9 Å². The summed E-state index contributed by atoms with van der Waals surface area (Å²) in [5.74, 6) is 0.653. The number of aromatic nitrogens is 4. The molecule has 0 saturated carbocycles. The first-order chi connectivity index (χ1) is 8.70. The number of aryl methyl sites for hydroxylation is 2. The highest BCUT2D eigenvalue weighted by Crippen LogP contribution is 2.10. The molecule has 1 heterocycles. The van der Waals surface area contributed by atoms with Crippen molar-refractivity contribution in [3.63, 3.8) is 0 Å². The first kappa shape index (κ1) is 12.0. The summed E-state index contributed by atoms with van der Waals surface area (Å²) in [6.07, 6.45) is 0.861. The monoisotopic (exact) mass is 242 g/mol. The van der Waals surface area contributed by atoms with Crippen molar-refractivity contribution < 1.29 is 0 Å². The molecule has 1 aromatic heterocycles. The lowest BCUT2D eigenvalue weighted by Crippen LogP contribution is -2.09. The highest BCUT2D eigenvalue weighted by atomic mass is 15.6. The molecule has 1 aromatic carbocycles. The molecular weight excluding hydrogens is 228 g/mol. The Bertz CT molecular complexity index is 580. The van der Waals surface area contributed by atoms with Crippen LogP contribution in [0.5, 0.6) is 0 Å². The molecule has 0 bridgehead atoms. The number of hydrogen-bond donors (Lipinski definition) is 1. The Labute approximate surface area is 105 Å². The van der Waals surface area contributed by atoms with Crippen molar-refractivity contribution in [2.24, 2.45) is 7.05 Å². The molecule has 0 saturated heterocycles. The van der Waals surface area contributed by atoms with Gasteiger partial charge in [-0.05, 0) is 41.0 Å². The van der Waals surface area contributed by atoms with Crippen LogP contribution >= 0.6 is 0 Å². The summed E-state index contributed by atoms with van der Waals surface area (Å²) in [5.41, 5.74) is 2.92. The lowest BCUT2D eigenvalue weighted by molar-refractivity contribution is 0.712. The van der Waals surface area contributed by atoms with Gasteiger partial charge in [-0.25, -0.2) is 4.68 Å². The van der Waals surface area contributed by atoms with Gasteiger partial charge in [-0.1, -0.05) is 17.2 Å². The zero-order valence-electron chi connectivity index (χ0n) is 10.4. The molecule has 6 nitrogen and oxygen atoms in total. The van der Waals surface area contributed by atoms with Crippen LogP contribution in [-0.4, -0.2) is 26.8 Å². The molecule has 92 valence electrons. The Kier molecular flexibility index (Phi) is 3.53. The third kappa shape index (κ3) is 2.63. The molecule has 2 aromatic rings. The van der Waals surface area contributed by atoms with Crippen molar-refractivity contribution in [2.75, 3.05) is 11.9 Å². The summed E-state index contributed by atoms with van der Waals surface area (Å²) in [6.45, 7) is 2.70. The minimum Gasteiger partial charge on any atom is -0.353 e. The fourth-order valence-corrected chi connectivity index (χ4v) is 1.70. The molecule has 0 amide bonds. The standard InChI is InChI=1S/C12H14N6/c1-9-7-10(3-4-11(9)8-13)5-6-14-12-15-16-17-18(12)2/h3-4,7H,5-6H2,1-2H3,(H,14,15,17). The van der Waals surface area contributed by atoms with Gasteiger partial charge in [0.2, 0.25) is 5.95 Å². The van der Waals surface area contributed by atoms with E-state index in [1.54, 1.807) is 11.7 Å². The second-order valence-corrected chi connectivity index (χ2v) is 4.06. The van der Waals surface area contributed by atoms with Gasteiger partial charge >= 0.3 is 0 Å².